The number of amides is 1. The molecule has 0 fully saturated rings. The number of nitro groups is 1. The van der Waals surface area contributed by atoms with Gasteiger partial charge in [0.15, 0.2) is 5.69 Å². The Balaban J connectivity index is 2.05. The molecule has 140 valence electrons. The molecule has 0 saturated carbocycles. The summed E-state index contributed by atoms with van der Waals surface area (Å²) < 4.78 is 39.4. The van der Waals surface area contributed by atoms with E-state index >= 15 is 0 Å². The van der Waals surface area contributed by atoms with Gasteiger partial charge in [0.2, 0.25) is 5.91 Å². The third kappa shape index (κ3) is 4.40. The van der Waals surface area contributed by atoms with Crippen molar-refractivity contribution in [3.05, 3.63) is 49.7 Å². The molecule has 2 aromatic rings. The number of aromatic nitrogens is 2. The highest BCUT2D eigenvalue weighted by molar-refractivity contribution is 9.10. The summed E-state index contributed by atoms with van der Waals surface area (Å²) in [4.78, 5) is 22.2. The van der Waals surface area contributed by atoms with Crippen molar-refractivity contribution in [1.82, 2.24) is 9.78 Å². The number of carbonyl (C=O) groups is 1. The van der Waals surface area contributed by atoms with Crippen LogP contribution in [-0.2, 0) is 17.5 Å². The van der Waals surface area contributed by atoms with Crippen LogP contribution in [0.15, 0.2) is 22.7 Å². The Bertz CT molecular complexity index is 865. The van der Waals surface area contributed by atoms with Gasteiger partial charge in [0.1, 0.15) is 0 Å². The van der Waals surface area contributed by atoms with Crippen molar-refractivity contribution in [3.63, 3.8) is 0 Å². The Morgan fingerprint density at radius 2 is 2.04 bits per heavy atom. The minimum atomic E-state index is -4.59. The van der Waals surface area contributed by atoms with E-state index in [0.717, 1.165) is 4.68 Å². The molecule has 0 spiro atoms. The molecule has 0 saturated heterocycles. The Labute approximate surface area is 154 Å². The summed E-state index contributed by atoms with van der Waals surface area (Å²) in [5.41, 5.74) is 0.0235. The van der Waals surface area contributed by atoms with Gasteiger partial charge in [-0.1, -0.05) is 0 Å². The molecule has 0 radical (unpaired) electrons. The zero-order chi connectivity index (χ0) is 19.6. The zero-order valence-electron chi connectivity index (χ0n) is 13.7. The van der Waals surface area contributed by atoms with Crippen LogP contribution in [0.5, 0.6) is 0 Å². The first-order chi connectivity index (χ1) is 12.0. The zero-order valence-corrected chi connectivity index (χ0v) is 15.3. The van der Waals surface area contributed by atoms with E-state index in [4.69, 9.17) is 0 Å². The summed E-state index contributed by atoms with van der Waals surface area (Å²) in [5.74, 6) is -0.443. The van der Waals surface area contributed by atoms with Crippen molar-refractivity contribution in [1.29, 1.82) is 0 Å². The summed E-state index contributed by atoms with van der Waals surface area (Å²) in [6.07, 6.45) is -4.70. The minimum Gasteiger partial charge on any atom is -0.326 e. The van der Waals surface area contributed by atoms with Crippen LogP contribution in [0.2, 0.25) is 0 Å². The lowest BCUT2D eigenvalue weighted by Gasteiger charge is -2.09. The van der Waals surface area contributed by atoms with E-state index < -0.39 is 22.7 Å². The molecule has 1 aromatic carbocycles. The van der Waals surface area contributed by atoms with Gasteiger partial charge in [-0.15, -0.1) is 0 Å². The van der Waals surface area contributed by atoms with Gasteiger partial charge in [-0.3, -0.25) is 19.6 Å². The van der Waals surface area contributed by atoms with Gasteiger partial charge in [0, 0.05) is 24.2 Å². The second-order valence-corrected chi connectivity index (χ2v) is 6.32. The van der Waals surface area contributed by atoms with Gasteiger partial charge >= 0.3 is 6.18 Å². The van der Waals surface area contributed by atoms with Crippen molar-refractivity contribution in [2.45, 2.75) is 33.0 Å². The smallest absolute Gasteiger partial charge is 0.326 e. The standard InChI is InChI=1S/C15H14BrF3N4O3/c1-8-7-10(23(25)26)3-4-11(8)20-12(24)5-6-22-9(2)13(16)14(21-22)15(17,18)19/h3-4,7H,5-6H2,1-2H3,(H,20,24). The number of rotatable bonds is 5. The van der Waals surface area contributed by atoms with E-state index in [1.807, 2.05) is 0 Å². The molecule has 1 N–H and O–H groups in total. The number of non-ortho nitro benzene ring substituents is 1. The Hall–Kier alpha value is -2.43. The van der Waals surface area contributed by atoms with E-state index in [0.29, 0.717) is 11.3 Å². The lowest BCUT2D eigenvalue weighted by atomic mass is 10.1. The number of benzene rings is 1. The van der Waals surface area contributed by atoms with E-state index in [-0.39, 0.29) is 28.8 Å². The van der Waals surface area contributed by atoms with E-state index in [2.05, 4.69) is 26.3 Å². The second-order valence-electron chi connectivity index (χ2n) is 5.52. The first-order valence-corrected chi connectivity index (χ1v) is 8.15. The van der Waals surface area contributed by atoms with Crippen LogP contribution in [0.3, 0.4) is 0 Å². The highest BCUT2D eigenvalue weighted by Crippen LogP contribution is 2.35. The van der Waals surface area contributed by atoms with Crippen molar-refractivity contribution < 1.29 is 22.9 Å². The van der Waals surface area contributed by atoms with Gasteiger partial charge < -0.3 is 5.32 Å². The van der Waals surface area contributed by atoms with E-state index in [9.17, 15) is 28.1 Å². The molecule has 7 nitrogen and oxygen atoms in total. The maximum Gasteiger partial charge on any atom is 0.436 e. The molecule has 2 rings (SSSR count). The Morgan fingerprint density at radius 3 is 2.54 bits per heavy atom. The number of alkyl halides is 3. The number of carbonyl (C=O) groups excluding carboxylic acids is 1. The van der Waals surface area contributed by atoms with Gasteiger partial charge in [-0.2, -0.15) is 18.3 Å². The maximum absolute atomic E-state index is 12.8. The maximum atomic E-state index is 12.8. The highest BCUT2D eigenvalue weighted by atomic mass is 79.9. The van der Waals surface area contributed by atoms with Crippen LogP contribution < -0.4 is 5.32 Å². The SMILES string of the molecule is Cc1cc([N+](=O)[O-])ccc1NC(=O)CCn1nc(C(F)(F)F)c(Br)c1C. The average molecular weight is 435 g/mol. The van der Waals surface area contributed by atoms with Gasteiger partial charge in [-0.05, 0) is 41.4 Å². The molecule has 1 amide bonds. The van der Waals surface area contributed by atoms with Crippen LogP contribution in [-0.4, -0.2) is 20.6 Å². The normalized spacial score (nSPS) is 11.5. The number of nitrogens with one attached hydrogen (secondary N) is 1. The number of hydrogen-bond acceptors (Lipinski definition) is 4. The van der Waals surface area contributed by atoms with E-state index in [1.165, 1.54) is 25.1 Å². The predicted molar refractivity (Wildman–Crippen MR) is 90.7 cm³/mol. The fraction of sp³-hybridized carbons (Fsp3) is 0.333. The summed E-state index contributed by atoms with van der Waals surface area (Å²) in [6, 6.07) is 3.98. The topological polar surface area (TPSA) is 90.1 Å². The molecule has 0 atom stereocenters. The van der Waals surface area contributed by atoms with Crippen molar-refractivity contribution in [3.8, 4) is 0 Å². The minimum absolute atomic E-state index is 0.0433. The van der Waals surface area contributed by atoms with Crippen molar-refractivity contribution in [2.24, 2.45) is 0 Å². The summed E-state index contributed by atoms with van der Waals surface area (Å²) in [7, 11) is 0. The third-order valence-electron chi connectivity index (χ3n) is 3.65. The molecule has 0 aliphatic carbocycles. The molecule has 0 aliphatic heterocycles. The number of aryl methyl sites for hydroxylation is 2. The largest absolute Gasteiger partial charge is 0.436 e. The molecule has 11 heteroatoms. The molecule has 1 aromatic heterocycles. The van der Waals surface area contributed by atoms with Crippen LogP contribution >= 0.6 is 15.9 Å². The third-order valence-corrected chi connectivity index (χ3v) is 4.60. The summed E-state index contributed by atoms with van der Waals surface area (Å²) >= 11 is 2.87. The molecule has 0 aliphatic rings. The number of nitro benzene ring substituents is 1. The first kappa shape index (κ1) is 19.9. The number of anilines is 1. The van der Waals surface area contributed by atoms with Crippen molar-refractivity contribution >= 4 is 33.2 Å². The van der Waals surface area contributed by atoms with Gasteiger partial charge in [-0.25, -0.2) is 0 Å². The number of hydrogen-bond donors (Lipinski definition) is 1. The summed E-state index contributed by atoms with van der Waals surface area (Å²) in [6.45, 7) is 3.02. The fourth-order valence-electron chi connectivity index (χ4n) is 2.24. The molecule has 26 heavy (non-hydrogen) atoms. The lowest BCUT2D eigenvalue weighted by molar-refractivity contribution is -0.384. The molecular formula is C15H14BrF3N4O3. The Morgan fingerprint density at radius 1 is 1.38 bits per heavy atom. The van der Waals surface area contributed by atoms with Crippen LogP contribution in [0.4, 0.5) is 24.5 Å². The van der Waals surface area contributed by atoms with Gasteiger partial charge in [0.05, 0.1) is 21.6 Å². The average Bonchev–Trinajstić information content (AvgIpc) is 2.82. The second kappa shape index (κ2) is 7.44. The highest BCUT2D eigenvalue weighted by Gasteiger charge is 2.37. The molecular weight excluding hydrogens is 421 g/mol. The number of nitrogens with zero attached hydrogens (tertiary/aromatic N) is 3. The monoisotopic (exact) mass is 434 g/mol. The van der Waals surface area contributed by atoms with Crippen molar-refractivity contribution in [2.75, 3.05) is 5.32 Å². The first-order valence-electron chi connectivity index (χ1n) is 7.35. The lowest BCUT2D eigenvalue weighted by Crippen LogP contribution is -2.16. The molecule has 0 unspecified atom stereocenters. The van der Waals surface area contributed by atoms with Gasteiger partial charge in [0.25, 0.3) is 5.69 Å². The number of halogens is 4. The van der Waals surface area contributed by atoms with Crippen LogP contribution in [0.25, 0.3) is 0 Å². The molecule has 1 heterocycles. The quantitative estimate of drug-likeness (QED) is 0.563. The predicted octanol–water partition coefficient (Wildman–Crippen LogP) is 4.22. The summed E-state index contributed by atoms with van der Waals surface area (Å²) in [5, 5.41) is 16.8. The molecule has 0 bridgehead atoms. The fourth-order valence-corrected chi connectivity index (χ4v) is 2.75. The van der Waals surface area contributed by atoms with Crippen LogP contribution in [0, 0.1) is 24.0 Å². The van der Waals surface area contributed by atoms with Crippen LogP contribution in [0.1, 0.15) is 23.4 Å². The Kier molecular flexibility index (Phi) is 5.69. The van der Waals surface area contributed by atoms with E-state index in [1.54, 1.807) is 6.92 Å².